The summed E-state index contributed by atoms with van der Waals surface area (Å²) in [6.07, 6.45) is 3.28. The maximum atomic E-state index is 12.9. The van der Waals surface area contributed by atoms with E-state index in [-0.39, 0.29) is 5.82 Å². The topological polar surface area (TPSA) is 55.6 Å². The van der Waals surface area contributed by atoms with Crippen molar-refractivity contribution in [1.29, 1.82) is 0 Å². The third-order valence-electron chi connectivity index (χ3n) is 4.02. The van der Waals surface area contributed by atoms with Crippen LogP contribution in [0.25, 0.3) is 11.2 Å². The predicted molar refractivity (Wildman–Crippen MR) is 103 cm³/mol. The molecule has 27 heavy (non-hydrogen) atoms. The van der Waals surface area contributed by atoms with E-state index in [2.05, 4.69) is 44.2 Å². The molecule has 0 amide bonds. The maximum Gasteiger partial charge on any atom is 0.165 e. The van der Waals surface area contributed by atoms with E-state index in [0.29, 0.717) is 24.4 Å². The molecule has 2 heterocycles. The second-order valence-corrected chi connectivity index (χ2v) is 5.91. The Balaban J connectivity index is 1.49. The minimum Gasteiger partial charge on any atom is -0.357 e. The van der Waals surface area contributed by atoms with Gasteiger partial charge in [-0.2, -0.15) is 0 Å². The number of nitrogens with one attached hydrogen (secondary N) is 1. The van der Waals surface area contributed by atoms with Crippen LogP contribution in [-0.2, 0) is 6.54 Å². The van der Waals surface area contributed by atoms with Gasteiger partial charge < -0.3 is 9.88 Å². The van der Waals surface area contributed by atoms with Crippen molar-refractivity contribution < 1.29 is 4.39 Å². The number of nitrogens with zero attached hydrogens (tertiary/aromatic N) is 4. The van der Waals surface area contributed by atoms with Crippen molar-refractivity contribution in [3.63, 3.8) is 0 Å². The van der Waals surface area contributed by atoms with Gasteiger partial charge in [0, 0.05) is 5.56 Å². The van der Waals surface area contributed by atoms with Crippen LogP contribution in [0, 0.1) is 17.7 Å². The maximum absolute atomic E-state index is 12.9. The number of anilines is 1. The van der Waals surface area contributed by atoms with Crippen LogP contribution in [0.15, 0.2) is 67.3 Å². The fraction of sp³-hybridized carbons (Fsp3) is 0.0952. The number of rotatable bonds is 4. The summed E-state index contributed by atoms with van der Waals surface area (Å²) in [6, 6.07) is 16.2. The Hall–Kier alpha value is -3.72. The summed E-state index contributed by atoms with van der Waals surface area (Å²) < 4.78 is 14.9. The van der Waals surface area contributed by atoms with Crippen LogP contribution in [-0.4, -0.2) is 26.1 Å². The Morgan fingerprint density at radius 3 is 2.59 bits per heavy atom. The van der Waals surface area contributed by atoms with Crippen molar-refractivity contribution >= 4 is 17.0 Å². The van der Waals surface area contributed by atoms with Gasteiger partial charge in [0.15, 0.2) is 11.5 Å². The Bertz CT molecular complexity index is 1110. The summed E-state index contributed by atoms with van der Waals surface area (Å²) >= 11 is 0. The van der Waals surface area contributed by atoms with Gasteiger partial charge >= 0.3 is 0 Å². The number of fused-ring (bicyclic) bond motifs is 1. The van der Waals surface area contributed by atoms with Crippen molar-refractivity contribution in [3.05, 3.63) is 84.2 Å². The summed E-state index contributed by atoms with van der Waals surface area (Å²) in [7, 11) is 0. The summed E-state index contributed by atoms with van der Waals surface area (Å²) in [5.41, 5.74) is 3.41. The molecule has 4 rings (SSSR count). The lowest BCUT2D eigenvalue weighted by Crippen LogP contribution is -2.04. The minimum absolute atomic E-state index is 0.270. The van der Waals surface area contributed by atoms with E-state index in [1.54, 1.807) is 18.5 Å². The van der Waals surface area contributed by atoms with E-state index >= 15 is 0 Å². The van der Waals surface area contributed by atoms with Gasteiger partial charge in [-0.1, -0.05) is 42.2 Å². The lowest BCUT2D eigenvalue weighted by Gasteiger charge is -2.05. The average molecular weight is 357 g/mol. The number of benzene rings is 2. The summed E-state index contributed by atoms with van der Waals surface area (Å²) in [4.78, 5) is 13.1. The molecule has 0 atom stereocenters. The van der Waals surface area contributed by atoms with Crippen LogP contribution >= 0.6 is 0 Å². The first-order valence-corrected chi connectivity index (χ1v) is 8.48. The smallest absolute Gasteiger partial charge is 0.165 e. The molecule has 2 aromatic carbocycles. The first-order chi connectivity index (χ1) is 13.3. The lowest BCUT2D eigenvalue weighted by atomic mass is 10.2. The van der Waals surface area contributed by atoms with Crippen LogP contribution in [0.2, 0.25) is 0 Å². The molecule has 0 spiro atoms. The van der Waals surface area contributed by atoms with Crippen LogP contribution < -0.4 is 5.32 Å². The first kappa shape index (κ1) is 16.7. The van der Waals surface area contributed by atoms with Crippen molar-refractivity contribution in [2.24, 2.45) is 0 Å². The zero-order valence-corrected chi connectivity index (χ0v) is 14.4. The van der Waals surface area contributed by atoms with Gasteiger partial charge in [0.25, 0.3) is 0 Å². The monoisotopic (exact) mass is 357 g/mol. The molecule has 0 aliphatic rings. The summed E-state index contributed by atoms with van der Waals surface area (Å²) in [5, 5.41) is 3.17. The average Bonchev–Trinajstić information content (AvgIpc) is 3.11. The van der Waals surface area contributed by atoms with E-state index in [1.807, 2.05) is 22.8 Å². The fourth-order valence-electron chi connectivity index (χ4n) is 2.71. The van der Waals surface area contributed by atoms with Gasteiger partial charge in [-0.25, -0.2) is 19.3 Å². The number of hydrogen-bond donors (Lipinski definition) is 1. The van der Waals surface area contributed by atoms with Gasteiger partial charge in [-0.15, -0.1) is 0 Å². The van der Waals surface area contributed by atoms with E-state index in [1.165, 1.54) is 24.0 Å². The van der Waals surface area contributed by atoms with Gasteiger partial charge in [0.1, 0.15) is 17.7 Å². The van der Waals surface area contributed by atoms with Gasteiger partial charge in [-0.05, 0) is 29.8 Å². The van der Waals surface area contributed by atoms with Crippen molar-refractivity contribution in [3.8, 4) is 11.8 Å². The summed E-state index contributed by atoms with van der Waals surface area (Å²) in [5.74, 6) is 6.35. The number of aromatic nitrogens is 4. The molecule has 0 unspecified atom stereocenters. The normalized spacial score (nSPS) is 10.4. The molecule has 0 bridgehead atoms. The van der Waals surface area contributed by atoms with Crippen LogP contribution in [0.5, 0.6) is 0 Å². The molecule has 0 radical (unpaired) electrons. The molecule has 132 valence electrons. The van der Waals surface area contributed by atoms with Crippen LogP contribution in [0.3, 0.4) is 0 Å². The second-order valence-electron chi connectivity index (χ2n) is 5.91. The molecule has 0 saturated carbocycles. The predicted octanol–water partition coefficient (Wildman–Crippen LogP) is 3.48. The zero-order chi connectivity index (χ0) is 18.5. The molecule has 5 nitrogen and oxygen atoms in total. The second kappa shape index (κ2) is 7.67. The lowest BCUT2D eigenvalue weighted by molar-refractivity contribution is 0.627. The minimum atomic E-state index is -0.270. The molecule has 0 fully saturated rings. The van der Waals surface area contributed by atoms with E-state index < -0.39 is 0 Å². The largest absolute Gasteiger partial charge is 0.357 e. The van der Waals surface area contributed by atoms with Crippen molar-refractivity contribution in [2.45, 2.75) is 6.54 Å². The third kappa shape index (κ3) is 3.93. The molecule has 6 heteroatoms. The molecule has 0 aliphatic heterocycles. The standard InChI is InChI=1S/C21H16FN5/c22-18-10-8-16(9-11-18)7-4-12-23-20-19-21(25-14-24-20)27(15-26-19)13-17-5-2-1-3-6-17/h1-3,5-6,8-11,14-15H,12-13H2,(H,23,24,25). The van der Waals surface area contributed by atoms with E-state index in [0.717, 1.165) is 11.2 Å². The fourth-order valence-corrected chi connectivity index (χ4v) is 2.71. The molecule has 1 N–H and O–H groups in total. The highest BCUT2D eigenvalue weighted by molar-refractivity contribution is 5.82. The number of hydrogen-bond acceptors (Lipinski definition) is 4. The SMILES string of the molecule is Fc1ccc(C#CCNc2ncnc3c2ncn3Cc2ccccc2)cc1. The highest BCUT2D eigenvalue weighted by Gasteiger charge is 2.09. The molecule has 4 aromatic rings. The van der Waals surface area contributed by atoms with E-state index in [9.17, 15) is 4.39 Å². The van der Waals surface area contributed by atoms with Gasteiger partial charge in [0.05, 0.1) is 19.4 Å². The molecular weight excluding hydrogens is 341 g/mol. The summed E-state index contributed by atoms with van der Waals surface area (Å²) in [6.45, 7) is 1.09. The Kier molecular flexibility index (Phi) is 4.75. The highest BCUT2D eigenvalue weighted by Crippen LogP contribution is 2.18. The Morgan fingerprint density at radius 2 is 1.78 bits per heavy atom. The van der Waals surface area contributed by atoms with E-state index in [4.69, 9.17) is 0 Å². The first-order valence-electron chi connectivity index (χ1n) is 8.48. The number of halogens is 1. The quantitative estimate of drug-likeness (QED) is 0.568. The van der Waals surface area contributed by atoms with Crippen molar-refractivity contribution in [2.75, 3.05) is 11.9 Å². The highest BCUT2D eigenvalue weighted by atomic mass is 19.1. The number of imidazole rings is 1. The molecule has 0 aliphatic carbocycles. The zero-order valence-electron chi connectivity index (χ0n) is 14.4. The molecular formula is C21H16FN5. The Labute approximate surface area is 155 Å². The van der Waals surface area contributed by atoms with Gasteiger partial charge in [0.2, 0.25) is 0 Å². The van der Waals surface area contributed by atoms with Gasteiger partial charge in [-0.3, -0.25) is 0 Å². The van der Waals surface area contributed by atoms with Crippen molar-refractivity contribution in [1.82, 2.24) is 19.5 Å². The molecule has 0 saturated heterocycles. The van der Waals surface area contributed by atoms with Crippen LogP contribution in [0.4, 0.5) is 10.2 Å². The third-order valence-corrected chi connectivity index (χ3v) is 4.02. The Morgan fingerprint density at radius 1 is 0.963 bits per heavy atom. The molecule has 2 aromatic heterocycles. The van der Waals surface area contributed by atoms with Crippen LogP contribution in [0.1, 0.15) is 11.1 Å².